The van der Waals surface area contributed by atoms with E-state index < -0.39 is 0 Å². The van der Waals surface area contributed by atoms with Crippen LogP contribution in [0.5, 0.6) is 11.5 Å². The smallest absolute Gasteiger partial charge is 0.166 e. The Morgan fingerprint density at radius 2 is 2.00 bits per heavy atom. The molecule has 0 spiro atoms. The van der Waals surface area contributed by atoms with Crippen molar-refractivity contribution < 1.29 is 9.47 Å². The van der Waals surface area contributed by atoms with Crippen molar-refractivity contribution in [2.24, 2.45) is 5.73 Å². The van der Waals surface area contributed by atoms with Crippen LogP contribution in [-0.4, -0.2) is 13.2 Å². The Balaban J connectivity index is 0.00000162. The zero-order chi connectivity index (χ0) is 12.1. The second-order valence-electron chi connectivity index (χ2n) is 4.47. The molecule has 0 saturated heterocycles. The number of unbranched alkanes of at least 4 members (excludes halogenated alkanes) is 2. The summed E-state index contributed by atoms with van der Waals surface area (Å²) in [6, 6.07) is 6.03. The van der Waals surface area contributed by atoms with Gasteiger partial charge in [-0.2, -0.15) is 0 Å². The standard InChI is InChI=1S/C14H21NO2.ClH/c1-2-3-4-7-12(15)11-6-5-8-13-14(11)17-10-9-16-13;/h5-6,8,12H,2-4,7,9-10,15H2,1H3;1H/t12-;/m1./s1. The van der Waals surface area contributed by atoms with Gasteiger partial charge in [0, 0.05) is 11.6 Å². The molecular formula is C14H22ClNO2. The Morgan fingerprint density at radius 1 is 1.22 bits per heavy atom. The molecule has 1 aliphatic heterocycles. The number of nitrogens with two attached hydrogens (primary N) is 1. The lowest BCUT2D eigenvalue weighted by Crippen LogP contribution is -2.19. The molecule has 18 heavy (non-hydrogen) atoms. The van der Waals surface area contributed by atoms with Crippen LogP contribution in [0.3, 0.4) is 0 Å². The zero-order valence-electron chi connectivity index (χ0n) is 10.9. The minimum Gasteiger partial charge on any atom is -0.486 e. The first-order valence-corrected chi connectivity index (χ1v) is 6.47. The minimum absolute atomic E-state index is 0. The van der Waals surface area contributed by atoms with Crippen molar-refractivity contribution in [3.05, 3.63) is 23.8 Å². The number of benzene rings is 1. The summed E-state index contributed by atoms with van der Waals surface area (Å²) < 4.78 is 11.2. The van der Waals surface area contributed by atoms with Crippen molar-refractivity contribution in [2.75, 3.05) is 13.2 Å². The van der Waals surface area contributed by atoms with E-state index in [1.54, 1.807) is 0 Å². The van der Waals surface area contributed by atoms with Gasteiger partial charge in [-0.15, -0.1) is 12.4 Å². The highest BCUT2D eigenvalue weighted by molar-refractivity contribution is 5.85. The predicted octanol–water partition coefficient (Wildman–Crippen LogP) is 3.46. The van der Waals surface area contributed by atoms with Crippen LogP contribution in [0.1, 0.15) is 44.2 Å². The van der Waals surface area contributed by atoms with Crippen molar-refractivity contribution in [1.82, 2.24) is 0 Å². The van der Waals surface area contributed by atoms with Crippen molar-refractivity contribution in [2.45, 2.75) is 38.6 Å². The van der Waals surface area contributed by atoms with Crippen LogP contribution >= 0.6 is 12.4 Å². The van der Waals surface area contributed by atoms with Gasteiger partial charge >= 0.3 is 0 Å². The van der Waals surface area contributed by atoms with E-state index in [0.29, 0.717) is 13.2 Å². The van der Waals surface area contributed by atoms with Gasteiger partial charge in [0.2, 0.25) is 0 Å². The van der Waals surface area contributed by atoms with Crippen LogP contribution in [0, 0.1) is 0 Å². The lowest BCUT2D eigenvalue weighted by Gasteiger charge is -2.23. The van der Waals surface area contributed by atoms with Gasteiger partial charge < -0.3 is 15.2 Å². The van der Waals surface area contributed by atoms with E-state index in [2.05, 4.69) is 6.92 Å². The maximum Gasteiger partial charge on any atom is 0.166 e. The molecule has 0 aromatic heterocycles. The van der Waals surface area contributed by atoms with Gasteiger partial charge in [0.25, 0.3) is 0 Å². The molecule has 102 valence electrons. The first-order chi connectivity index (χ1) is 8.33. The molecular weight excluding hydrogens is 250 g/mol. The maximum atomic E-state index is 6.22. The maximum absolute atomic E-state index is 6.22. The molecule has 1 heterocycles. The van der Waals surface area contributed by atoms with Crippen LogP contribution in [0.2, 0.25) is 0 Å². The summed E-state index contributed by atoms with van der Waals surface area (Å²) in [5.41, 5.74) is 7.31. The third-order valence-corrected chi connectivity index (χ3v) is 3.11. The second-order valence-corrected chi connectivity index (χ2v) is 4.47. The van der Waals surface area contributed by atoms with E-state index in [1.165, 1.54) is 19.3 Å². The SMILES string of the molecule is CCCCC[C@@H](N)c1cccc2c1OCCO2.Cl. The van der Waals surface area contributed by atoms with E-state index >= 15 is 0 Å². The van der Waals surface area contributed by atoms with Gasteiger partial charge in [-0.1, -0.05) is 38.3 Å². The Bertz CT molecular complexity index is 371. The molecule has 0 radical (unpaired) electrons. The van der Waals surface area contributed by atoms with E-state index in [-0.39, 0.29) is 18.4 Å². The van der Waals surface area contributed by atoms with E-state index in [0.717, 1.165) is 23.5 Å². The summed E-state index contributed by atoms with van der Waals surface area (Å²) >= 11 is 0. The molecule has 2 N–H and O–H groups in total. The molecule has 1 aliphatic rings. The topological polar surface area (TPSA) is 44.5 Å². The van der Waals surface area contributed by atoms with Gasteiger partial charge in [0.1, 0.15) is 13.2 Å². The molecule has 1 aromatic rings. The van der Waals surface area contributed by atoms with Crippen LogP contribution in [0.15, 0.2) is 18.2 Å². The third-order valence-electron chi connectivity index (χ3n) is 3.11. The molecule has 0 saturated carbocycles. The Hall–Kier alpha value is -0.930. The summed E-state index contributed by atoms with van der Waals surface area (Å²) in [6.07, 6.45) is 4.63. The predicted molar refractivity (Wildman–Crippen MR) is 75.8 cm³/mol. The lowest BCUT2D eigenvalue weighted by atomic mass is 10.00. The number of fused-ring (bicyclic) bond motifs is 1. The molecule has 0 fully saturated rings. The lowest BCUT2D eigenvalue weighted by molar-refractivity contribution is 0.169. The highest BCUT2D eigenvalue weighted by atomic mass is 35.5. The molecule has 3 nitrogen and oxygen atoms in total. The average molecular weight is 272 g/mol. The molecule has 4 heteroatoms. The van der Waals surface area contributed by atoms with Gasteiger partial charge in [0.05, 0.1) is 0 Å². The highest BCUT2D eigenvalue weighted by Gasteiger charge is 2.19. The molecule has 1 aromatic carbocycles. The Kier molecular flexibility index (Phi) is 6.30. The first-order valence-electron chi connectivity index (χ1n) is 6.47. The monoisotopic (exact) mass is 271 g/mol. The Labute approximate surface area is 115 Å². The fourth-order valence-corrected chi connectivity index (χ4v) is 2.16. The summed E-state index contributed by atoms with van der Waals surface area (Å²) in [6.45, 7) is 3.44. The summed E-state index contributed by atoms with van der Waals surface area (Å²) in [5.74, 6) is 1.68. The number of para-hydroxylation sites is 1. The molecule has 0 amide bonds. The average Bonchev–Trinajstić information content (AvgIpc) is 2.38. The van der Waals surface area contributed by atoms with Crippen LogP contribution in [0.4, 0.5) is 0 Å². The molecule has 0 bridgehead atoms. The summed E-state index contributed by atoms with van der Waals surface area (Å²) in [4.78, 5) is 0. The molecule has 1 atom stereocenters. The largest absolute Gasteiger partial charge is 0.486 e. The summed E-state index contributed by atoms with van der Waals surface area (Å²) in [5, 5.41) is 0. The second kappa shape index (κ2) is 7.49. The summed E-state index contributed by atoms with van der Waals surface area (Å²) in [7, 11) is 0. The zero-order valence-corrected chi connectivity index (χ0v) is 11.7. The van der Waals surface area contributed by atoms with E-state index in [9.17, 15) is 0 Å². The fourth-order valence-electron chi connectivity index (χ4n) is 2.16. The van der Waals surface area contributed by atoms with Gasteiger partial charge in [0.15, 0.2) is 11.5 Å². The number of hydrogen-bond donors (Lipinski definition) is 1. The van der Waals surface area contributed by atoms with E-state index in [4.69, 9.17) is 15.2 Å². The van der Waals surface area contributed by atoms with Gasteiger partial charge in [-0.3, -0.25) is 0 Å². The number of hydrogen-bond acceptors (Lipinski definition) is 3. The quantitative estimate of drug-likeness (QED) is 0.834. The third kappa shape index (κ3) is 3.53. The minimum atomic E-state index is 0. The van der Waals surface area contributed by atoms with Crippen LogP contribution in [0.25, 0.3) is 0 Å². The van der Waals surface area contributed by atoms with Crippen molar-refractivity contribution >= 4 is 12.4 Å². The Morgan fingerprint density at radius 3 is 2.78 bits per heavy atom. The molecule has 0 unspecified atom stereocenters. The van der Waals surface area contributed by atoms with E-state index in [1.807, 2.05) is 18.2 Å². The number of halogens is 1. The normalized spacial score (nSPS) is 14.8. The van der Waals surface area contributed by atoms with Crippen LogP contribution in [-0.2, 0) is 0 Å². The molecule has 0 aliphatic carbocycles. The van der Waals surface area contributed by atoms with Crippen molar-refractivity contribution in [3.8, 4) is 11.5 Å². The van der Waals surface area contributed by atoms with Gasteiger partial charge in [-0.05, 0) is 12.5 Å². The fraction of sp³-hybridized carbons (Fsp3) is 0.571. The van der Waals surface area contributed by atoms with Gasteiger partial charge in [-0.25, -0.2) is 0 Å². The van der Waals surface area contributed by atoms with Crippen molar-refractivity contribution in [1.29, 1.82) is 0 Å². The van der Waals surface area contributed by atoms with Crippen molar-refractivity contribution in [3.63, 3.8) is 0 Å². The highest BCUT2D eigenvalue weighted by Crippen LogP contribution is 2.37. The van der Waals surface area contributed by atoms with Crippen LogP contribution < -0.4 is 15.2 Å². The first kappa shape index (κ1) is 15.1. The number of rotatable bonds is 5. The number of ether oxygens (including phenoxy) is 2. The molecule has 2 rings (SSSR count).